The number of hydrogen-bond donors (Lipinski definition) is 0. The molecule has 0 amide bonds. The van der Waals surface area contributed by atoms with Gasteiger partial charge >= 0.3 is 30.2 Å². The standard InChI is InChI=1S/C13H21.C5H5.2CH3.H2Si.Zr/c1-5-7-12-10(3)9-11(4)13(12)8-6-2;1-2-4-5-3-1;;;;/h10H,5-8H2,1-4H3;1-3H,4H2;2*1H3;1H2;/q4*-1;;. The zero-order chi connectivity index (χ0) is 15.4. The van der Waals surface area contributed by atoms with Crippen LogP contribution in [-0.4, -0.2) is 6.88 Å². The monoisotopic (exact) mass is 392 g/mol. The van der Waals surface area contributed by atoms with Crippen molar-refractivity contribution in [3.8, 4) is 0 Å². The molecule has 0 aromatic carbocycles. The van der Waals surface area contributed by atoms with Crippen LogP contribution in [0, 0.1) is 32.9 Å². The molecule has 0 bridgehead atoms. The summed E-state index contributed by atoms with van der Waals surface area (Å²) < 4.78 is 0. The molecule has 2 rings (SSSR count). The van der Waals surface area contributed by atoms with E-state index in [-0.39, 0.29) is 14.9 Å². The van der Waals surface area contributed by atoms with E-state index in [1.807, 2.05) is 19.0 Å². The molecule has 0 aromatic heterocycles. The molecule has 0 N–H and O–H groups in total. The Balaban J connectivity index is -0.000000340. The fourth-order valence-electron chi connectivity index (χ4n) is 2.58. The van der Waals surface area contributed by atoms with Gasteiger partial charge in [-0.25, -0.2) is 17.7 Å². The van der Waals surface area contributed by atoms with Gasteiger partial charge in [-0.05, 0) is 6.42 Å². The van der Waals surface area contributed by atoms with Gasteiger partial charge in [-0.3, -0.25) is 12.2 Å². The fourth-order valence-corrected chi connectivity index (χ4v) is 2.58. The zero-order valence-electron chi connectivity index (χ0n) is 15.6. The summed E-state index contributed by atoms with van der Waals surface area (Å²) >= 11 is 1.58. The van der Waals surface area contributed by atoms with E-state index >= 15 is 0 Å². The van der Waals surface area contributed by atoms with Crippen molar-refractivity contribution in [2.24, 2.45) is 5.92 Å². The number of rotatable bonds is 4. The third-order valence-electron chi connectivity index (χ3n) is 3.40. The Morgan fingerprint density at radius 1 is 1.18 bits per heavy atom. The van der Waals surface area contributed by atoms with E-state index in [9.17, 15) is 0 Å². The first-order chi connectivity index (χ1) is 9.70. The van der Waals surface area contributed by atoms with E-state index in [1.54, 1.807) is 34.5 Å². The fraction of sp³-hybridized carbons (Fsp3) is 0.500. The summed E-state index contributed by atoms with van der Waals surface area (Å²) in [4.78, 5) is 0. The third-order valence-corrected chi connectivity index (χ3v) is 3.40. The summed E-state index contributed by atoms with van der Waals surface area (Å²) in [5, 5.41) is 0. The molecule has 0 heterocycles. The van der Waals surface area contributed by atoms with Gasteiger partial charge in [0.05, 0.1) is 0 Å². The molecule has 22 heavy (non-hydrogen) atoms. The van der Waals surface area contributed by atoms with Crippen molar-refractivity contribution >= 4 is 6.88 Å². The van der Waals surface area contributed by atoms with Crippen LogP contribution in [0.4, 0.5) is 0 Å². The van der Waals surface area contributed by atoms with Gasteiger partial charge in [0.2, 0.25) is 0 Å². The molecular formula is C20H34SiZr-4. The van der Waals surface area contributed by atoms with Crippen molar-refractivity contribution in [3.05, 3.63) is 62.0 Å². The van der Waals surface area contributed by atoms with Crippen LogP contribution in [0.5, 0.6) is 0 Å². The Kier molecular flexibility index (Phi) is 21.3. The molecule has 0 aromatic rings. The van der Waals surface area contributed by atoms with Crippen LogP contribution in [0.3, 0.4) is 0 Å². The molecule has 126 valence electrons. The van der Waals surface area contributed by atoms with E-state index in [0.717, 1.165) is 6.42 Å². The molecular weight excluding hydrogens is 360 g/mol. The minimum absolute atomic E-state index is 0. The van der Waals surface area contributed by atoms with Crippen molar-refractivity contribution in [2.75, 3.05) is 0 Å². The summed E-state index contributed by atoms with van der Waals surface area (Å²) in [6.07, 6.45) is 18.6. The van der Waals surface area contributed by atoms with Crippen LogP contribution < -0.4 is 0 Å². The molecule has 0 aliphatic heterocycles. The van der Waals surface area contributed by atoms with Crippen molar-refractivity contribution in [1.29, 1.82) is 0 Å². The molecule has 2 aliphatic carbocycles. The van der Waals surface area contributed by atoms with Gasteiger partial charge in [-0.15, -0.1) is 6.42 Å². The van der Waals surface area contributed by atoms with Crippen LogP contribution in [0.25, 0.3) is 0 Å². The van der Waals surface area contributed by atoms with E-state index in [0.29, 0.717) is 5.92 Å². The van der Waals surface area contributed by atoms with E-state index in [1.165, 1.54) is 31.3 Å². The van der Waals surface area contributed by atoms with Crippen LogP contribution in [0.1, 0.15) is 59.8 Å². The average molecular weight is 394 g/mol. The molecule has 2 heteroatoms. The second kappa shape index (κ2) is 17.4. The summed E-state index contributed by atoms with van der Waals surface area (Å²) in [6, 6.07) is 0. The normalized spacial score (nSPS) is 17.4. The van der Waals surface area contributed by atoms with Gasteiger partial charge in [0, 0.05) is 0 Å². The van der Waals surface area contributed by atoms with Crippen molar-refractivity contribution in [3.63, 3.8) is 0 Å². The maximum atomic E-state index is 3.53. The molecule has 0 fully saturated rings. The van der Waals surface area contributed by atoms with Gasteiger partial charge in [0.25, 0.3) is 0 Å². The Hall–Kier alpha value is 0.0600. The van der Waals surface area contributed by atoms with Gasteiger partial charge in [0.15, 0.2) is 0 Å². The molecule has 0 nitrogen and oxygen atoms in total. The Labute approximate surface area is 157 Å². The first-order valence-electron chi connectivity index (χ1n) is 7.60. The summed E-state index contributed by atoms with van der Waals surface area (Å²) in [5.41, 5.74) is 4.68. The molecule has 0 radical (unpaired) electrons. The first kappa shape index (κ1) is 26.9. The third kappa shape index (κ3) is 9.95. The maximum absolute atomic E-state index is 3.53. The van der Waals surface area contributed by atoms with Crippen molar-refractivity contribution < 1.29 is 23.3 Å². The van der Waals surface area contributed by atoms with E-state index < -0.39 is 0 Å². The summed E-state index contributed by atoms with van der Waals surface area (Å²) in [6.45, 7) is 11.0. The van der Waals surface area contributed by atoms with Crippen molar-refractivity contribution in [1.82, 2.24) is 0 Å². The van der Waals surface area contributed by atoms with E-state index in [4.69, 9.17) is 0 Å². The van der Waals surface area contributed by atoms with Crippen LogP contribution in [-0.2, 0) is 23.3 Å². The van der Waals surface area contributed by atoms with Gasteiger partial charge < -0.3 is 14.9 Å². The van der Waals surface area contributed by atoms with Crippen molar-refractivity contribution in [2.45, 2.75) is 59.8 Å². The predicted molar refractivity (Wildman–Crippen MR) is 101 cm³/mol. The molecule has 1 unspecified atom stereocenters. The average Bonchev–Trinajstić information content (AvgIpc) is 3.10. The Bertz CT molecular complexity index is 379. The summed E-state index contributed by atoms with van der Waals surface area (Å²) in [5.74, 6) is 0.585. The first-order valence-corrected chi connectivity index (χ1v) is 13.5. The second-order valence-electron chi connectivity index (χ2n) is 5.00. The molecule has 0 spiro atoms. The molecule has 0 saturated heterocycles. The van der Waals surface area contributed by atoms with Gasteiger partial charge in [-0.1, -0.05) is 52.9 Å². The van der Waals surface area contributed by atoms with Gasteiger partial charge in [-0.2, -0.15) is 17.2 Å². The quantitative estimate of drug-likeness (QED) is 0.432. The van der Waals surface area contributed by atoms with Crippen LogP contribution in [0.15, 0.2) is 34.9 Å². The van der Waals surface area contributed by atoms with Crippen LogP contribution >= 0.6 is 0 Å². The number of hydrogen-bond acceptors (Lipinski definition) is 0. The minimum atomic E-state index is 0. The predicted octanol–water partition coefficient (Wildman–Crippen LogP) is 5.57. The SMILES string of the molecule is CCCC1=C(CCC)C(C)[C-]=C1C.[C-]1=CC=CC1.[CH3-].[CH3-].[SiH2]=[Zr]. The second-order valence-corrected chi connectivity index (χ2v) is 5.00. The van der Waals surface area contributed by atoms with Gasteiger partial charge in [0.1, 0.15) is 0 Å². The zero-order valence-corrected chi connectivity index (χ0v) is 19.4. The van der Waals surface area contributed by atoms with E-state index in [2.05, 4.69) is 45.9 Å². The summed E-state index contributed by atoms with van der Waals surface area (Å²) in [7, 11) is 0. The molecule has 1 atom stereocenters. The topological polar surface area (TPSA) is 0 Å². The Morgan fingerprint density at radius 3 is 2.14 bits per heavy atom. The van der Waals surface area contributed by atoms with Crippen LogP contribution in [0.2, 0.25) is 0 Å². The Morgan fingerprint density at radius 2 is 1.77 bits per heavy atom. The molecule has 2 aliphatic rings. The number of allylic oxidation sites excluding steroid dienone is 8. The molecule has 0 saturated carbocycles.